The van der Waals surface area contributed by atoms with Gasteiger partial charge in [-0.2, -0.15) is 4.52 Å². The van der Waals surface area contributed by atoms with Gasteiger partial charge in [0.25, 0.3) is 0 Å². The number of rotatable bonds is 4. The van der Waals surface area contributed by atoms with Gasteiger partial charge in [0.1, 0.15) is 17.5 Å². The van der Waals surface area contributed by atoms with Crippen molar-refractivity contribution in [2.75, 3.05) is 36.0 Å². The Morgan fingerprint density at radius 1 is 0.857 bits per heavy atom. The maximum atomic E-state index is 4.94. The first-order valence-corrected chi connectivity index (χ1v) is 10.3. The van der Waals surface area contributed by atoms with E-state index in [1.165, 1.54) is 31.4 Å². The fourth-order valence-electron chi connectivity index (χ4n) is 4.03. The molecule has 0 spiro atoms. The second-order valence-electron chi connectivity index (χ2n) is 8.23. The highest BCUT2D eigenvalue weighted by atomic mass is 15.4. The van der Waals surface area contributed by atoms with Gasteiger partial charge >= 0.3 is 0 Å². The van der Waals surface area contributed by atoms with E-state index in [1.54, 1.807) is 6.20 Å². The molecule has 2 aliphatic carbocycles. The summed E-state index contributed by atoms with van der Waals surface area (Å²) < 4.78 is 1.90. The first-order chi connectivity index (χ1) is 13.7. The minimum absolute atomic E-state index is 0.595. The van der Waals surface area contributed by atoms with E-state index in [9.17, 15) is 0 Å². The van der Waals surface area contributed by atoms with Crippen molar-refractivity contribution >= 4 is 17.3 Å². The molecule has 2 saturated carbocycles. The van der Waals surface area contributed by atoms with Crippen LogP contribution in [-0.2, 0) is 0 Å². The molecule has 28 heavy (non-hydrogen) atoms. The smallest absolute Gasteiger partial charge is 0.176 e. The van der Waals surface area contributed by atoms with E-state index in [-0.39, 0.29) is 0 Å². The summed E-state index contributed by atoms with van der Waals surface area (Å²) in [6.45, 7) is 5.63. The monoisotopic (exact) mass is 376 g/mol. The Morgan fingerprint density at radius 3 is 2.36 bits per heavy atom. The number of fused-ring (bicyclic) bond motifs is 1. The maximum absolute atomic E-state index is 4.94. The van der Waals surface area contributed by atoms with Gasteiger partial charge in [0.05, 0.1) is 12.4 Å². The summed E-state index contributed by atoms with van der Waals surface area (Å²) in [6, 6.07) is 2.24. The van der Waals surface area contributed by atoms with Gasteiger partial charge in [-0.05, 0) is 32.6 Å². The molecule has 3 aromatic heterocycles. The summed E-state index contributed by atoms with van der Waals surface area (Å²) in [7, 11) is 0. The normalized spacial score (nSPS) is 20.2. The van der Waals surface area contributed by atoms with E-state index in [4.69, 9.17) is 9.97 Å². The molecular formula is C20H24N8. The summed E-state index contributed by atoms with van der Waals surface area (Å²) in [6.07, 6.45) is 8.70. The topological polar surface area (TPSA) is 75.3 Å². The van der Waals surface area contributed by atoms with Crippen LogP contribution in [0.2, 0.25) is 0 Å². The van der Waals surface area contributed by atoms with E-state index in [1.807, 2.05) is 17.6 Å². The molecule has 0 radical (unpaired) electrons. The van der Waals surface area contributed by atoms with E-state index < -0.39 is 0 Å². The lowest BCUT2D eigenvalue weighted by Gasteiger charge is -2.36. The van der Waals surface area contributed by atoms with Crippen LogP contribution in [0.4, 0.5) is 11.6 Å². The summed E-state index contributed by atoms with van der Waals surface area (Å²) in [5, 5.41) is 4.53. The van der Waals surface area contributed by atoms with Crippen LogP contribution in [0, 0.1) is 6.92 Å². The fourth-order valence-corrected chi connectivity index (χ4v) is 4.03. The molecule has 0 N–H and O–H groups in total. The quantitative estimate of drug-likeness (QED) is 0.691. The van der Waals surface area contributed by atoms with Crippen molar-refractivity contribution in [1.29, 1.82) is 0 Å². The van der Waals surface area contributed by atoms with Gasteiger partial charge in [-0.1, -0.05) is 0 Å². The molecule has 0 bridgehead atoms. The van der Waals surface area contributed by atoms with E-state index in [0.29, 0.717) is 11.8 Å². The Balaban J connectivity index is 1.24. The second-order valence-corrected chi connectivity index (χ2v) is 8.23. The second kappa shape index (κ2) is 6.12. The van der Waals surface area contributed by atoms with Crippen LogP contribution >= 0.6 is 0 Å². The number of aromatic nitrogens is 6. The molecule has 0 atom stereocenters. The van der Waals surface area contributed by atoms with E-state index >= 15 is 0 Å². The summed E-state index contributed by atoms with van der Waals surface area (Å²) in [5.74, 6) is 5.24. The highest BCUT2D eigenvalue weighted by Crippen LogP contribution is 2.43. The van der Waals surface area contributed by atoms with Crippen molar-refractivity contribution in [3.8, 4) is 0 Å². The highest BCUT2D eigenvalue weighted by molar-refractivity contribution is 5.50. The molecule has 3 aliphatic rings. The highest BCUT2D eigenvalue weighted by Gasteiger charge is 2.32. The Labute approximate surface area is 163 Å². The third-order valence-electron chi connectivity index (χ3n) is 5.95. The number of nitrogens with zero attached hydrogens (tertiary/aromatic N) is 8. The molecule has 3 aromatic rings. The van der Waals surface area contributed by atoms with Crippen LogP contribution < -0.4 is 9.80 Å². The predicted molar refractivity (Wildman–Crippen MR) is 106 cm³/mol. The molecule has 6 rings (SSSR count). The minimum Gasteiger partial charge on any atom is -0.353 e. The van der Waals surface area contributed by atoms with Crippen molar-refractivity contribution in [3.05, 3.63) is 35.8 Å². The number of piperazine rings is 1. The molecular weight excluding hydrogens is 352 g/mol. The van der Waals surface area contributed by atoms with Crippen LogP contribution in [-0.4, -0.2) is 55.7 Å². The van der Waals surface area contributed by atoms with E-state index in [2.05, 4.69) is 30.9 Å². The standard InChI is InChI=1S/C20H24N8/c1-13-22-18-11-21-12-19(28(18)25-13)27-8-6-26(7-9-27)17-10-16(14-2-3-14)23-20(24-17)15-4-5-15/h10-12,14-15H,2-9H2,1H3. The van der Waals surface area contributed by atoms with Gasteiger partial charge in [-0.15, -0.1) is 5.10 Å². The molecule has 8 nitrogen and oxygen atoms in total. The molecule has 0 amide bonds. The van der Waals surface area contributed by atoms with Gasteiger partial charge in [-0.3, -0.25) is 4.98 Å². The number of anilines is 2. The molecule has 1 aliphatic heterocycles. The zero-order valence-corrected chi connectivity index (χ0v) is 16.1. The average Bonchev–Trinajstić information content (AvgIpc) is 3.63. The lowest BCUT2D eigenvalue weighted by Crippen LogP contribution is -2.47. The van der Waals surface area contributed by atoms with Crippen molar-refractivity contribution in [2.24, 2.45) is 0 Å². The molecule has 1 saturated heterocycles. The van der Waals surface area contributed by atoms with Gasteiger partial charge in [0.15, 0.2) is 11.5 Å². The van der Waals surface area contributed by atoms with Crippen LogP contribution in [0.5, 0.6) is 0 Å². The molecule has 4 heterocycles. The first kappa shape index (κ1) is 16.2. The first-order valence-electron chi connectivity index (χ1n) is 10.3. The third-order valence-corrected chi connectivity index (χ3v) is 5.95. The van der Waals surface area contributed by atoms with Crippen LogP contribution in [0.1, 0.15) is 54.9 Å². The van der Waals surface area contributed by atoms with Crippen molar-refractivity contribution in [3.63, 3.8) is 0 Å². The fraction of sp³-hybridized carbons (Fsp3) is 0.550. The Bertz CT molecular complexity index is 998. The summed E-state index contributed by atoms with van der Waals surface area (Å²) in [5.41, 5.74) is 2.07. The average molecular weight is 376 g/mol. The van der Waals surface area contributed by atoms with Gasteiger partial charge in [-0.25, -0.2) is 15.0 Å². The molecule has 0 aromatic carbocycles. The largest absolute Gasteiger partial charge is 0.353 e. The third kappa shape index (κ3) is 2.87. The van der Waals surface area contributed by atoms with Gasteiger partial charge in [0, 0.05) is 49.8 Å². The van der Waals surface area contributed by atoms with E-state index in [0.717, 1.165) is 55.1 Å². The molecule has 0 unspecified atom stereocenters. The lowest BCUT2D eigenvalue weighted by atomic mass is 10.2. The summed E-state index contributed by atoms with van der Waals surface area (Å²) >= 11 is 0. The number of hydrogen-bond donors (Lipinski definition) is 0. The summed E-state index contributed by atoms with van der Waals surface area (Å²) in [4.78, 5) is 23.4. The molecule has 3 fully saturated rings. The van der Waals surface area contributed by atoms with Gasteiger partial charge in [0.2, 0.25) is 0 Å². The van der Waals surface area contributed by atoms with Crippen molar-refractivity contribution < 1.29 is 0 Å². The van der Waals surface area contributed by atoms with Crippen LogP contribution in [0.25, 0.3) is 5.65 Å². The zero-order valence-electron chi connectivity index (χ0n) is 16.1. The van der Waals surface area contributed by atoms with Crippen LogP contribution in [0.3, 0.4) is 0 Å². The molecule has 8 heteroatoms. The number of aryl methyl sites for hydroxylation is 1. The number of hydrogen-bond acceptors (Lipinski definition) is 7. The zero-order chi connectivity index (χ0) is 18.7. The minimum atomic E-state index is 0.595. The lowest BCUT2D eigenvalue weighted by molar-refractivity contribution is 0.629. The predicted octanol–water partition coefficient (Wildman–Crippen LogP) is 2.30. The van der Waals surface area contributed by atoms with Gasteiger partial charge < -0.3 is 9.80 Å². The SMILES string of the molecule is Cc1nc2cncc(N3CCN(c4cc(C5CC5)nc(C5CC5)n4)CC3)n2n1. The molecule has 144 valence electrons. The van der Waals surface area contributed by atoms with Crippen molar-refractivity contribution in [2.45, 2.75) is 44.4 Å². The van der Waals surface area contributed by atoms with Crippen LogP contribution in [0.15, 0.2) is 18.5 Å². The maximum Gasteiger partial charge on any atom is 0.176 e. The Morgan fingerprint density at radius 2 is 1.61 bits per heavy atom. The Kier molecular flexibility index (Phi) is 3.54. The van der Waals surface area contributed by atoms with Crippen molar-refractivity contribution in [1.82, 2.24) is 29.5 Å². The Hall–Kier alpha value is -2.77.